The number of anilines is 3. The molecule has 0 saturated carbocycles. The predicted octanol–water partition coefficient (Wildman–Crippen LogP) is 6.67. The van der Waals surface area contributed by atoms with Crippen molar-refractivity contribution in [2.24, 2.45) is 0 Å². The number of rotatable bonds is 1. The zero-order chi connectivity index (χ0) is 22.6. The van der Waals surface area contributed by atoms with Gasteiger partial charge >= 0.3 is 0 Å². The molecule has 0 radical (unpaired) electrons. The van der Waals surface area contributed by atoms with E-state index < -0.39 is 6.04 Å². The molecule has 3 heterocycles. The van der Waals surface area contributed by atoms with E-state index in [0.717, 1.165) is 72.7 Å². The van der Waals surface area contributed by atoms with Gasteiger partial charge in [-0.2, -0.15) is 0 Å². The molecule has 33 heavy (non-hydrogen) atoms. The Kier molecular flexibility index (Phi) is 3.69. The van der Waals surface area contributed by atoms with Crippen molar-refractivity contribution < 1.29 is 9.47 Å². The van der Waals surface area contributed by atoms with Gasteiger partial charge in [0.25, 0.3) is 0 Å². The van der Waals surface area contributed by atoms with Crippen LogP contribution in [0.3, 0.4) is 0 Å². The summed E-state index contributed by atoms with van der Waals surface area (Å²) in [6.45, 7) is 8.42. The van der Waals surface area contributed by atoms with Crippen LogP contribution in [0.5, 0.6) is 23.0 Å². The summed E-state index contributed by atoms with van der Waals surface area (Å²) in [5.74, 6) is 3.53. The van der Waals surface area contributed by atoms with Crippen molar-refractivity contribution in [2.75, 3.05) is 4.90 Å². The minimum absolute atomic E-state index is 0.850. The normalized spacial score (nSPS) is 15.5. The highest BCUT2D eigenvalue weighted by Gasteiger charge is 2.50. The molecule has 0 spiro atoms. The Bertz CT molecular complexity index is 1500. The molecule has 0 N–H and O–H groups in total. The third-order valence-corrected chi connectivity index (χ3v) is 11.8. The number of hydrogen-bond acceptors (Lipinski definition) is 4. The van der Waals surface area contributed by atoms with Gasteiger partial charge in [0.15, 0.2) is 0 Å². The van der Waals surface area contributed by atoms with Crippen LogP contribution in [0.2, 0.25) is 0 Å². The molecular formula is C28H22NO2PS. The summed E-state index contributed by atoms with van der Waals surface area (Å²) in [5, 5.41) is 3.36. The van der Waals surface area contributed by atoms with Gasteiger partial charge in [-0.05, 0) is 80.8 Å². The molecule has 7 rings (SSSR count). The monoisotopic (exact) mass is 467 g/mol. The quantitative estimate of drug-likeness (QED) is 0.251. The number of ether oxygens (including phenoxy) is 2. The maximum atomic E-state index is 6.80. The fourth-order valence-corrected chi connectivity index (χ4v) is 10.5. The second kappa shape index (κ2) is 6.28. The molecule has 3 nitrogen and oxygen atoms in total. The molecule has 0 saturated heterocycles. The van der Waals surface area contributed by atoms with Crippen LogP contribution < -0.4 is 30.3 Å². The highest BCUT2D eigenvalue weighted by molar-refractivity contribution is 8.26. The van der Waals surface area contributed by atoms with Crippen molar-refractivity contribution in [3.8, 4) is 23.0 Å². The van der Waals surface area contributed by atoms with E-state index in [2.05, 4.69) is 93.3 Å². The summed E-state index contributed by atoms with van der Waals surface area (Å²) in [6.07, 6.45) is 0. The van der Waals surface area contributed by atoms with Gasteiger partial charge in [-0.15, -0.1) is 0 Å². The lowest BCUT2D eigenvalue weighted by molar-refractivity contribution is 0.462. The Morgan fingerprint density at radius 1 is 0.636 bits per heavy atom. The number of hydrogen-bond donors (Lipinski definition) is 0. The SMILES string of the molecule is Cc1ccc(N2c3ccc(C)c4c3P3(=S)c5c(cc(C)cc5Oc5c(C)ccc2c53)O4)cc1. The third-order valence-electron chi connectivity index (χ3n) is 6.94. The molecule has 0 aromatic heterocycles. The predicted molar refractivity (Wildman–Crippen MR) is 140 cm³/mol. The van der Waals surface area contributed by atoms with Crippen LogP contribution in [0.25, 0.3) is 0 Å². The molecule has 162 valence electrons. The fourth-order valence-electron chi connectivity index (χ4n) is 5.39. The zero-order valence-electron chi connectivity index (χ0n) is 18.9. The van der Waals surface area contributed by atoms with Crippen molar-refractivity contribution in [3.05, 3.63) is 82.9 Å². The maximum absolute atomic E-state index is 6.80. The van der Waals surface area contributed by atoms with E-state index in [1.807, 2.05) is 0 Å². The molecule has 0 unspecified atom stereocenters. The fraction of sp³-hybridized carbons (Fsp3) is 0.143. The third kappa shape index (κ3) is 2.33. The number of aryl methyl sites for hydroxylation is 4. The van der Waals surface area contributed by atoms with Crippen molar-refractivity contribution in [1.82, 2.24) is 0 Å². The summed E-state index contributed by atoms with van der Waals surface area (Å²) in [7, 11) is 0. The van der Waals surface area contributed by atoms with E-state index in [0.29, 0.717) is 0 Å². The summed E-state index contributed by atoms with van der Waals surface area (Å²) in [6, 6.07) is 19.2. The Morgan fingerprint density at radius 3 is 1.67 bits per heavy atom. The average molecular weight is 468 g/mol. The lowest BCUT2D eigenvalue weighted by Crippen LogP contribution is -2.42. The van der Waals surface area contributed by atoms with E-state index >= 15 is 0 Å². The first kappa shape index (κ1) is 19.4. The van der Waals surface area contributed by atoms with E-state index in [1.165, 1.54) is 5.56 Å². The van der Waals surface area contributed by atoms with E-state index in [1.54, 1.807) is 0 Å². The second-order valence-corrected chi connectivity index (χ2v) is 13.5. The van der Waals surface area contributed by atoms with Gasteiger partial charge in [-0.1, -0.05) is 41.6 Å². The minimum atomic E-state index is -2.38. The maximum Gasteiger partial charge on any atom is 0.141 e. The Hall–Kier alpha value is -3.07. The van der Waals surface area contributed by atoms with Gasteiger partial charge in [-0.25, -0.2) is 0 Å². The molecule has 0 fully saturated rings. The summed E-state index contributed by atoms with van der Waals surface area (Å²) >= 11 is 6.80. The molecule has 0 atom stereocenters. The van der Waals surface area contributed by atoms with Crippen LogP contribution in [-0.4, -0.2) is 0 Å². The van der Waals surface area contributed by atoms with Crippen LogP contribution in [0.1, 0.15) is 22.3 Å². The molecule has 4 aromatic rings. The van der Waals surface area contributed by atoms with Crippen LogP contribution >= 0.6 is 6.04 Å². The lowest BCUT2D eigenvalue weighted by Gasteiger charge is -2.46. The van der Waals surface area contributed by atoms with Crippen molar-refractivity contribution in [1.29, 1.82) is 0 Å². The largest absolute Gasteiger partial charge is 0.455 e. The Morgan fingerprint density at radius 2 is 1.15 bits per heavy atom. The van der Waals surface area contributed by atoms with Crippen LogP contribution in [-0.2, 0) is 11.8 Å². The number of benzene rings is 4. The summed E-state index contributed by atoms with van der Waals surface area (Å²) < 4.78 is 13.2. The van der Waals surface area contributed by atoms with Crippen molar-refractivity contribution in [3.63, 3.8) is 0 Å². The van der Waals surface area contributed by atoms with Gasteiger partial charge < -0.3 is 14.4 Å². The first-order chi connectivity index (χ1) is 15.9. The molecule has 0 amide bonds. The average Bonchev–Trinajstić information content (AvgIpc) is 2.78. The second-order valence-electron chi connectivity index (χ2n) is 9.25. The molecule has 0 aliphatic carbocycles. The summed E-state index contributed by atoms with van der Waals surface area (Å²) in [4.78, 5) is 2.33. The molecular weight excluding hydrogens is 445 g/mol. The van der Waals surface area contributed by atoms with E-state index in [9.17, 15) is 0 Å². The van der Waals surface area contributed by atoms with Gasteiger partial charge in [0.2, 0.25) is 0 Å². The van der Waals surface area contributed by atoms with Gasteiger partial charge in [0.1, 0.15) is 23.0 Å². The Labute approximate surface area is 198 Å². The topological polar surface area (TPSA) is 21.7 Å². The van der Waals surface area contributed by atoms with Crippen molar-refractivity contribution in [2.45, 2.75) is 27.7 Å². The molecule has 5 heteroatoms. The number of nitrogens with zero attached hydrogens (tertiary/aromatic N) is 1. The van der Waals surface area contributed by atoms with E-state index in [4.69, 9.17) is 21.3 Å². The smallest absolute Gasteiger partial charge is 0.141 e. The Balaban J connectivity index is 1.68. The highest BCUT2D eigenvalue weighted by atomic mass is 32.4. The van der Waals surface area contributed by atoms with Gasteiger partial charge in [-0.3, -0.25) is 0 Å². The standard InChI is InChI=1S/C28H22NO2PS/c1-15-5-9-19(10-6-15)29-20-11-7-17(3)24-26(20)32(33)27-21(29)12-8-18(4)25(27)31-23-14-16(2)13-22(30-24)28(23)32/h5-14H,1-4H3. The lowest BCUT2D eigenvalue weighted by atomic mass is 10.1. The van der Waals surface area contributed by atoms with E-state index in [-0.39, 0.29) is 0 Å². The van der Waals surface area contributed by atoms with Crippen LogP contribution in [0.15, 0.2) is 60.7 Å². The van der Waals surface area contributed by atoms with Crippen LogP contribution in [0, 0.1) is 27.7 Å². The van der Waals surface area contributed by atoms with Crippen molar-refractivity contribution >= 4 is 50.8 Å². The molecule has 4 aromatic carbocycles. The van der Waals surface area contributed by atoms with Crippen LogP contribution in [0.4, 0.5) is 17.1 Å². The first-order valence-corrected chi connectivity index (χ1v) is 13.9. The first-order valence-electron chi connectivity index (χ1n) is 11.1. The molecule has 0 bridgehead atoms. The van der Waals surface area contributed by atoms with Gasteiger partial charge in [0, 0.05) is 5.69 Å². The molecule has 3 aliphatic rings. The zero-order valence-corrected chi connectivity index (χ0v) is 20.6. The molecule has 3 aliphatic heterocycles. The van der Waals surface area contributed by atoms with Gasteiger partial charge in [0.05, 0.1) is 33.3 Å². The minimum Gasteiger partial charge on any atom is -0.455 e. The highest BCUT2D eigenvalue weighted by Crippen LogP contribution is 2.65. The summed E-state index contributed by atoms with van der Waals surface area (Å²) in [5.41, 5.74) is 7.91.